The van der Waals surface area contributed by atoms with Crippen LogP contribution in [0.4, 0.5) is 0 Å². The van der Waals surface area contributed by atoms with E-state index >= 15 is 0 Å². The maximum atomic E-state index is 11.5. The largest absolute Gasteiger partial charge is 0.483 e. The molecule has 0 atom stereocenters. The first kappa shape index (κ1) is 17.1. The van der Waals surface area contributed by atoms with Crippen molar-refractivity contribution >= 4 is 5.91 Å². The molecule has 4 nitrogen and oxygen atoms in total. The molecule has 0 aromatic heterocycles. The fraction of sp³-hybridized carbons (Fsp3) is 0.471. The number of aryl methyl sites for hydroxylation is 2. The predicted molar refractivity (Wildman–Crippen MR) is 85.2 cm³/mol. The zero-order valence-electron chi connectivity index (χ0n) is 13.2. The molecule has 0 heterocycles. The Morgan fingerprint density at radius 1 is 1.33 bits per heavy atom. The van der Waals surface area contributed by atoms with Crippen LogP contribution in [0.3, 0.4) is 0 Å². The van der Waals surface area contributed by atoms with Crippen LogP contribution in [-0.2, 0) is 11.3 Å². The smallest absolute Gasteiger partial charge is 0.258 e. The summed E-state index contributed by atoms with van der Waals surface area (Å²) < 4.78 is 5.61. The highest BCUT2D eigenvalue weighted by Crippen LogP contribution is 2.24. The summed E-state index contributed by atoms with van der Waals surface area (Å²) in [7, 11) is 0. The van der Waals surface area contributed by atoms with E-state index in [4.69, 9.17) is 11.2 Å². The number of rotatable bonds is 7. The van der Waals surface area contributed by atoms with Crippen molar-refractivity contribution in [3.63, 3.8) is 0 Å². The summed E-state index contributed by atoms with van der Waals surface area (Å²) in [5.74, 6) is 2.91. The lowest BCUT2D eigenvalue weighted by molar-refractivity contribution is -0.122. The van der Waals surface area contributed by atoms with E-state index in [0.29, 0.717) is 6.04 Å². The fourth-order valence-electron chi connectivity index (χ4n) is 2.03. The van der Waals surface area contributed by atoms with Gasteiger partial charge in [-0.25, -0.2) is 0 Å². The van der Waals surface area contributed by atoms with Gasteiger partial charge in [-0.15, -0.1) is 6.42 Å². The van der Waals surface area contributed by atoms with Crippen LogP contribution in [0.25, 0.3) is 0 Å². The molecular formula is C17H24N2O2. The van der Waals surface area contributed by atoms with Crippen molar-refractivity contribution < 1.29 is 9.53 Å². The summed E-state index contributed by atoms with van der Waals surface area (Å²) in [5, 5.41) is 5.96. The highest BCUT2D eigenvalue weighted by Gasteiger charge is 2.09. The van der Waals surface area contributed by atoms with Gasteiger partial charge in [0.05, 0.1) is 6.54 Å². The van der Waals surface area contributed by atoms with E-state index in [2.05, 4.69) is 42.5 Å². The normalized spacial score (nSPS) is 10.3. The summed E-state index contributed by atoms with van der Waals surface area (Å²) in [6, 6.07) is 4.61. The van der Waals surface area contributed by atoms with Gasteiger partial charge in [0, 0.05) is 12.6 Å². The van der Waals surface area contributed by atoms with Gasteiger partial charge in [-0.05, 0) is 30.5 Å². The molecular weight excluding hydrogens is 264 g/mol. The second kappa shape index (κ2) is 8.33. The van der Waals surface area contributed by atoms with Crippen LogP contribution in [0.5, 0.6) is 5.75 Å². The minimum atomic E-state index is -0.211. The van der Waals surface area contributed by atoms with Crippen LogP contribution in [0, 0.1) is 26.2 Å². The third kappa shape index (κ3) is 5.88. The number of amides is 1. The summed E-state index contributed by atoms with van der Waals surface area (Å²) in [5.41, 5.74) is 3.27. The number of hydrogen-bond acceptors (Lipinski definition) is 3. The highest BCUT2D eigenvalue weighted by atomic mass is 16.5. The topological polar surface area (TPSA) is 50.4 Å². The fourth-order valence-corrected chi connectivity index (χ4v) is 2.03. The predicted octanol–water partition coefficient (Wildman–Crippen LogP) is 1.93. The molecule has 0 unspecified atom stereocenters. The molecule has 0 spiro atoms. The van der Waals surface area contributed by atoms with E-state index in [1.165, 1.54) is 5.56 Å². The Morgan fingerprint density at radius 3 is 2.48 bits per heavy atom. The molecule has 0 aliphatic rings. The Kier molecular flexibility index (Phi) is 6.77. The minimum Gasteiger partial charge on any atom is -0.483 e. The van der Waals surface area contributed by atoms with Crippen molar-refractivity contribution in [1.82, 2.24) is 10.6 Å². The number of nitrogens with one attached hydrogen (secondary N) is 2. The molecule has 0 saturated heterocycles. The second-order valence-electron chi connectivity index (χ2n) is 5.36. The van der Waals surface area contributed by atoms with Crippen LogP contribution in [0.1, 0.15) is 30.5 Å². The van der Waals surface area contributed by atoms with Crippen LogP contribution in [0.2, 0.25) is 0 Å². The van der Waals surface area contributed by atoms with Gasteiger partial charge < -0.3 is 15.4 Å². The molecule has 1 aromatic carbocycles. The van der Waals surface area contributed by atoms with Crippen LogP contribution < -0.4 is 15.4 Å². The second-order valence-corrected chi connectivity index (χ2v) is 5.36. The Hall–Kier alpha value is -1.99. The molecule has 4 heteroatoms. The number of carbonyl (C=O) groups is 1. The van der Waals surface area contributed by atoms with E-state index in [1.54, 1.807) is 0 Å². The number of terminal acetylenes is 1. The zero-order chi connectivity index (χ0) is 15.8. The molecule has 114 valence electrons. The van der Waals surface area contributed by atoms with Crippen LogP contribution in [0.15, 0.2) is 12.1 Å². The average Bonchev–Trinajstić information content (AvgIpc) is 2.41. The summed E-state index contributed by atoms with van der Waals surface area (Å²) >= 11 is 0. The standard InChI is InChI=1S/C17H24N2O2/c1-6-7-18-16(20)11-21-17-13(4)8-15(9-14(17)5)10-19-12(2)3/h1,8-9,12,19H,7,10-11H2,2-5H3,(H,18,20). The maximum Gasteiger partial charge on any atom is 0.258 e. The molecule has 0 aliphatic carbocycles. The number of benzene rings is 1. The third-order valence-corrected chi connectivity index (χ3v) is 2.97. The molecule has 1 aromatic rings. The molecule has 2 N–H and O–H groups in total. The first-order chi connectivity index (χ1) is 9.93. The summed E-state index contributed by atoms with van der Waals surface area (Å²) in [6.07, 6.45) is 5.09. The van der Waals surface area contributed by atoms with E-state index < -0.39 is 0 Å². The van der Waals surface area contributed by atoms with Crippen LogP contribution >= 0.6 is 0 Å². The van der Waals surface area contributed by atoms with E-state index in [0.717, 1.165) is 23.4 Å². The lowest BCUT2D eigenvalue weighted by atomic mass is 10.1. The Morgan fingerprint density at radius 2 is 1.95 bits per heavy atom. The van der Waals surface area contributed by atoms with Gasteiger partial charge in [-0.3, -0.25) is 4.79 Å². The maximum absolute atomic E-state index is 11.5. The van der Waals surface area contributed by atoms with Gasteiger partial charge in [-0.1, -0.05) is 31.9 Å². The summed E-state index contributed by atoms with van der Waals surface area (Å²) in [4.78, 5) is 11.5. The minimum absolute atomic E-state index is 0.0209. The van der Waals surface area contributed by atoms with E-state index in [-0.39, 0.29) is 19.1 Å². The van der Waals surface area contributed by atoms with Gasteiger partial charge in [0.25, 0.3) is 5.91 Å². The monoisotopic (exact) mass is 288 g/mol. The van der Waals surface area contributed by atoms with Gasteiger partial charge in [0.2, 0.25) is 0 Å². The average molecular weight is 288 g/mol. The molecule has 0 radical (unpaired) electrons. The lowest BCUT2D eigenvalue weighted by Crippen LogP contribution is -2.29. The lowest BCUT2D eigenvalue weighted by Gasteiger charge is -2.15. The van der Waals surface area contributed by atoms with Crippen molar-refractivity contribution in [2.75, 3.05) is 13.2 Å². The molecule has 1 rings (SSSR count). The van der Waals surface area contributed by atoms with Crippen molar-refractivity contribution in [1.29, 1.82) is 0 Å². The van der Waals surface area contributed by atoms with Crippen molar-refractivity contribution in [2.24, 2.45) is 0 Å². The van der Waals surface area contributed by atoms with Gasteiger partial charge in [0.1, 0.15) is 5.75 Å². The number of carbonyl (C=O) groups excluding carboxylic acids is 1. The third-order valence-electron chi connectivity index (χ3n) is 2.97. The quantitative estimate of drug-likeness (QED) is 0.754. The van der Waals surface area contributed by atoms with Gasteiger partial charge >= 0.3 is 0 Å². The molecule has 0 aliphatic heterocycles. The van der Waals surface area contributed by atoms with Crippen LogP contribution in [-0.4, -0.2) is 25.1 Å². The van der Waals surface area contributed by atoms with E-state index in [1.807, 2.05) is 13.8 Å². The Balaban J connectivity index is 2.67. The highest BCUT2D eigenvalue weighted by molar-refractivity contribution is 5.77. The molecule has 0 saturated carbocycles. The molecule has 1 amide bonds. The zero-order valence-corrected chi connectivity index (χ0v) is 13.2. The first-order valence-corrected chi connectivity index (χ1v) is 7.10. The Bertz CT molecular complexity index is 507. The molecule has 21 heavy (non-hydrogen) atoms. The van der Waals surface area contributed by atoms with Crippen molar-refractivity contribution in [3.8, 4) is 18.1 Å². The van der Waals surface area contributed by atoms with Crippen molar-refractivity contribution in [2.45, 2.75) is 40.3 Å². The molecule has 0 bridgehead atoms. The summed E-state index contributed by atoms with van der Waals surface area (Å²) in [6.45, 7) is 9.23. The van der Waals surface area contributed by atoms with Gasteiger partial charge in [-0.2, -0.15) is 0 Å². The first-order valence-electron chi connectivity index (χ1n) is 7.10. The van der Waals surface area contributed by atoms with Crippen molar-refractivity contribution in [3.05, 3.63) is 28.8 Å². The SMILES string of the molecule is C#CCNC(=O)COc1c(C)cc(CNC(C)C)cc1C. The Labute approximate surface area is 127 Å². The number of hydrogen-bond donors (Lipinski definition) is 2. The van der Waals surface area contributed by atoms with Gasteiger partial charge in [0.15, 0.2) is 6.61 Å². The number of ether oxygens (including phenoxy) is 1. The van der Waals surface area contributed by atoms with E-state index in [9.17, 15) is 4.79 Å². The molecule has 0 fully saturated rings.